The van der Waals surface area contributed by atoms with Gasteiger partial charge in [0.2, 0.25) is 0 Å². The molecular weight excluding hydrogens is 271 g/mol. The summed E-state index contributed by atoms with van der Waals surface area (Å²) in [6.45, 7) is 0.0819. The topological polar surface area (TPSA) is 72.8 Å². The zero-order chi connectivity index (χ0) is 11.9. The van der Waals surface area contributed by atoms with Crippen LogP contribution in [-0.4, -0.2) is 49.4 Å². The van der Waals surface area contributed by atoms with E-state index < -0.39 is 19.3 Å². The molecule has 0 spiro atoms. The van der Waals surface area contributed by atoms with Gasteiger partial charge in [-0.1, -0.05) is 0 Å². The first-order valence-corrected chi connectivity index (χ1v) is 8.38. The van der Waals surface area contributed by atoms with Crippen LogP contribution in [0, 0.1) is 0 Å². The molecular formula is C8H14O5PS2-. The molecule has 0 radical (unpaired) electrons. The van der Waals surface area contributed by atoms with Gasteiger partial charge in [0, 0.05) is 0 Å². The van der Waals surface area contributed by atoms with Crippen LogP contribution in [0.3, 0.4) is 0 Å². The predicted octanol–water partition coefficient (Wildman–Crippen LogP) is -0.233. The van der Waals surface area contributed by atoms with Gasteiger partial charge in [-0.3, -0.25) is 0 Å². The summed E-state index contributed by atoms with van der Waals surface area (Å²) in [4.78, 5) is 0. The molecule has 8 heteroatoms. The molecule has 0 aromatic heterocycles. The average molecular weight is 285 g/mol. The molecule has 2 aliphatic rings. The van der Waals surface area contributed by atoms with E-state index >= 15 is 0 Å². The van der Waals surface area contributed by atoms with Gasteiger partial charge in [0.25, 0.3) is 0 Å². The molecule has 2 rings (SSSR count). The van der Waals surface area contributed by atoms with Crippen LogP contribution in [0.15, 0.2) is 0 Å². The van der Waals surface area contributed by atoms with Crippen molar-refractivity contribution in [2.75, 3.05) is 26.4 Å². The number of hydrogen-bond donors (Lipinski definition) is 1. The molecule has 1 N–H and O–H groups in total. The Labute approximate surface area is 100 Å². The Morgan fingerprint density at radius 2 is 2.00 bits per heavy atom. The van der Waals surface area contributed by atoms with E-state index in [2.05, 4.69) is 7.81 Å². The van der Waals surface area contributed by atoms with Crippen LogP contribution in [0.4, 0.5) is 0 Å². The molecule has 1 saturated heterocycles. The molecule has 94 valence electrons. The standard InChI is InChI=1S/C8H14O5PS2/c9-3-7(1-2-7)16(10,11)8(4-12-5-8)6-13-15-14/h9,15H,1-6H2/q-1. The first-order valence-electron chi connectivity index (χ1n) is 4.93. The number of sulfone groups is 1. The fourth-order valence-electron chi connectivity index (χ4n) is 1.90. The number of aliphatic hydroxyl groups excluding tert-OH is 1. The Hall–Kier alpha value is 0.610. The number of hydrogen-bond acceptors (Lipinski definition) is 6. The molecule has 2 fully saturated rings. The van der Waals surface area contributed by atoms with Crippen molar-refractivity contribution in [1.82, 2.24) is 0 Å². The number of aliphatic hydroxyl groups is 1. The molecule has 16 heavy (non-hydrogen) atoms. The third-order valence-electron chi connectivity index (χ3n) is 3.35. The number of ether oxygens (including phenoxy) is 1. The van der Waals surface area contributed by atoms with Gasteiger partial charge in [-0.25, -0.2) is 0 Å². The van der Waals surface area contributed by atoms with E-state index in [0.29, 0.717) is 23.9 Å². The summed E-state index contributed by atoms with van der Waals surface area (Å²) >= 11 is 0.404. The zero-order valence-electron chi connectivity index (χ0n) is 8.63. The van der Waals surface area contributed by atoms with Gasteiger partial charge in [0.05, 0.1) is 0 Å². The van der Waals surface area contributed by atoms with Gasteiger partial charge in [-0.05, 0) is 0 Å². The maximum atomic E-state index is 12.4. The van der Waals surface area contributed by atoms with Crippen molar-refractivity contribution in [3.05, 3.63) is 0 Å². The zero-order valence-corrected chi connectivity index (χ0v) is 11.2. The van der Waals surface area contributed by atoms with Crippen LogP contribution in [0.2, 0.25) is 0 Å². The summed E-state index contributed by atoms with van der Waals surface area (Å²) in [5.41, 5.74) is 0. The minimum absolute atomic E-state index is 0.0855. The van der Waals surface area contributed by atoms with Crippen molar-refractivity contribution in [2.24, 2.45) is 0 Å². The van der Waals surface area contributed by atoms with Gasteiger partial charge >= 0.3 is 99.9 Å². The molecule has 5 nitrogen and oxygen atoms in total. The Morgan fingerprint density at radius 3 is 2.31 bits per heavy atom. The second-order valence-electron chi connectivity index (χ2n) is 4.38. The van der Waals surface area contributed by atoms with Crippen LogP contribution in [0.25, 0.3) is 0 Å². The second-order valence-corrected chi connectivity index (χ2v) is 8.03. The molecule has 0 unspecified atom stereocenters. The van der Waals surface area contributed by atoms with E-state index in [1.807, 2.05) is 0 Å². The van der Waals surface area contributed by atoms with Crippen molar-refractivity contribution in [3.8, 4) is 0 Å². The molecule has 1 saturated carbocycles. The Kier molecular flexibility index (Phi) is 3.57. The quantitative estimate of drug-likeness (QED) is 0.429. The molecule has 1 heterocycles. The summed E-state index contributed by atoms with van der Waals surface area (Å²) in [6, 6.07) is 0. The first-order chi connectivity index (χ1) is 7.54. The van der Waals surface area contributed by atoms with E-state index in [4.69, 9.17) is 8.92 Å². The second kappa shape index (κ2) is 4.37. The molecule has 0 bridgehead atoms. The van der Waals surface area contributed by atoms with Crippen LogP contribution < -0.4 is 0 Å². The van der Waals surface area contributed by atoms with Crippen molar-refractivity contribution < 1.29 is 22.4 Å². The van der Waals surface area contributed by atoms with Crippen LogP contribution >= 0.6 is 7.81 Å². The third kappa shape index (κ3) is 1.72. The number of thiol groups is 1. The predicted molar refractivity (Wildman–Crippen MR) is 63.2 cm³/mol. The fourth-order valence-corrected chi connectivity index (χ4v) is 4.89. The van der Waals surface area contributed by atoms with E-state index in [9.17, 15) is 13.5 Å². The molecule has 1 aliphatic carbocycles. The van der Waals surface area contributed by atoms with Crippen molar-refractivity contribution in [2.45, 2.75) is 22.3 Å². The van der Waals surface area contributed by atoms with Crippen LogP contribution in [-0.2, 0) is 29.8 Å². The first kappa shape index (κ1) is 13.1. The van der Waals surface area contributed by atoms with Crippen LogP contribution in [0.1, 0.15) is 12.8 Å². The summed E-state index contributed by atoms with van der Waals surface area (Å²) in [5.74, 6) is 0. The summed E-state index contributed by atoms with van der Waals surface area (Å²) in [7, 11) is 0.454. The third-order valence-corrected chi connectivity index (χ3v) is 7.11. The number of rotatable bonds is 5. The summed E-state index contributed by atoms with van der Waals surface area (Å²) < 4.78 is 33.0. The Morgan fingerprint density at radius 1 is 1.38 bits per heavy atom. The Bertz CT molecular complexity index is 418. The summed E-state index contributed by atoms with van der Waals surface area (Å²) in [6.07, 6.45) is 1.07. The average Bonchev–Trinajstić information content (AvgIpc) is 2.96. The van der Waals surface area contributed by atoms with Gasteiger partial charge in [-0.15, -0.1) is 0 Å². The molecule has 0 atom stereocenters. The van der Waals surface area contributed by atoms with Crippen LogP contribution in [0.5, 0.6) is 0 Å². The summed E-state index contributed by atoms with van der Waals surface area (Å²) in [5, 5.41) is 9.22. The minimum atomic E-state index is -3.41. The van der Waals surface area contributed by atoms with E-state index in [1.54, 1.807) is 0 Å². The van der Waals surface area contributed by atoms with Gasteiger partial charge < -0.3 is 0 Å². The maximum absolute atomic E-state index is 12.4. The van der Waals surface area contributed by atoms with E-state index in [-0.39, 0.29) is 26.4 Å². The molecule has 0 aromatic carbocycles. The van der Waals surface area contributed by atoms with Gasteiger partial charge in [-0.2, -0.15) is 0 Å². The SMILES string of the molecule is O=S(=O)(C1(CO)CC1)C1(CO[SH-]#P)COC1. The normalized spacial score (nSPS) is 26.0. The molecule has 0 amide bonds. The van der Waals surface area contributed by atoms with E-state index in [0.717, 1.165) is 0 Å². The van der Waals surface area contributed by atoms with Crippen molar-refractivity contribution in [3.63, 3.8) is 0 Å². The molecule has 0 aromatic rings. The van der Waals surface area contributed by atoms with Crippen molar-refractivity contribution in [1.29, 1.82) is 0 Å². The monoisotopic (exact) mass is 285 g/mol. The van der Waals surface area contributed by atoms with Gasteiger partial charge in [0.15, 0.2) is 0 Å². The van der Waals surface area contributed by atoms with E-state index in [1.165, 1.54) is 0 Å². The fraction of sp³-hybridized carbons (Fsp3) is 1.00. The van der Waals surface area contributed by atoms with Gasteiger partial charge in [0.1, 0.15) is 0 Å². The van der Waals surface area contributed by atoms with Crippen molar-refractivity contribution >= 4 is 28.7 Å². The Balaban J connectivity index is 2.25. The molecule has 1 aliphatic heterocycles.